The minimum Gasteiger partial charge on any atom is -0.447 e. The average molecular weight is 567 g/mol. The van der Waals surface area contributed by atoms with Gasteiger partial charge in [-0.05, 0) is 50.7 Å². The van der Waals surface area contributed by atoms with Crippen molar-refractivity contribution in [1.29, 1.82) is 0 Å². The van der Waals surface area contributed by atoms with Crippen molar-refractivity contribution in [3.05, 3.63) is 71.8 Å². The number of carbonyl (C=O) groups is 3. The number of cyclic esters (lactones) is 1. The molecule has 9 heteroatoms. The van der Waals surface area contributed by atoms with Gasteiger partial charge in [0.25, 0.3) is 0 Å². The summed E-state index contributed by atoms with van der Waals surface area (Å²) in [5.74, 6) is -1.55. The summed E-state index contributed by atoms with van der Waals surface area (Å²) in [6.07, 6.45) is -2.47. The van der Waals surface area contributed by atoms with Gasteiger partial charge in [-0.25, -0.2) is 14.5 Å². The lowest BCUT2D eigenvalue weighted by molar-refractivity contribution is -0.139. The van der Waals surface area contributed by atoms with Gasteiger partial charge in [-0.2, -0.15) is 0 Å². The van der Waals surface area contributed by atoms with Gasteiger partial charge < -0.3 is 19.3 Å². The highest BCUT2D eigenvalue weighted by atomic mass is 16.6. The topological polar surface area (TPSA) is 106 Å². The predicted octanol–water partition coefficient (Wildman–Crippen LogP) is 4.80. The van der Waals surface area contributed by atoms with E-state index in [4.69, 9.17) is 14.2 Å². The number of hydrogen-bond donors (Lipinski definition) is 1. The van der Waals surface area contributed by atoms with E-state index in [-0.39, 0.29) is 31.6 Å². The van der Waals surface area contributed by atoms with Crippen LogP contribution in [0.25, 0.3) is 0 Å². The van der Waals surface area contributed by atoms with Gasteiger partial charge in [-0.15, -0.1) is 0 Å². The van der Waals surface area contributed by atoms with Crippen LogP contribution in [-0.4, -0.2) is 76.0 Å². The fourth-order valence-corrected chi connectivity index (χ4v) is 5.44. The molecule has 41 heavy (non-hydrogen) atoms. The molecule has 2 saturated heterocycles. The fourth-order valence-electron chi connectivity index (χ4n) is 5.44. The van der Waals surface area contributed by atoms with Crippen molar-refractivity contribution in [3.8, 4) is 0 Å². The summed E-state index contributed by atoms with van der Waals surface area (Å²) >= 11 is 0. The largest absolute Gasteiger partial charge is 0.447 e. The van der Waals surface area contributed by atoms with Gasteiger partial charge in [0.05, 0.1) is 43.4 Å². The molecule has 1 unspecified atom stereocenters. The van der Waals surface area contributed by atoms with Crippen LogP contribution in [0.4, 0.5) is 9.59 Å². The smallest absolute Gasteiger partial charge is 0.416 e. The molecule has 2 heterocycles. The maximum Gasteiger partial charge on any atom is 0.416 e. The molecule has 9 nitrogen and oxygen atoms in total. The van der Waals surface area contributed by atoms with Crippen molar-refractivity contribution < 1.29 is 33.7 Å². The highest BCUT2D eigenvalue weighted by Gasteiger charge is 2.49. The molecule has 0 aliphatic carbocycles. The van der Waals surface area contributed by atoms with Crippen LogP contribution in [0.5, 0.6) is 0 Å². The van der Waals surface area contributed by atoms with Crippen LogP contribution in [0.1, 0.15) is 52.2 Å². The van der Waals surface area contributed by atoms with Crippen LogP contribution in [0, 0.1) is 11.8 Å². The molecule has 4 rings (SSSR count). The Labute approximate surface area is 242 Å². The number of aliphatic hydroxyl groups excluding tert-OH is 1. The van der Waals surface area contributed by atoms with Gasteiger partial charge in [0.15, 0.2) is 0 Å². The Kier molecular flexibility index (Phi) is 9.71. The maximum atomic E-state index is 14.1. The zero-order chi connectivity index (χ0) is 29.7. The number of aliphatic hydroxyl groups is 1. The van der Waals surface area contributed by atoms with E-state index in [9.17, 15) is 19.5 Å². The Morgan fingerprint density at radius 2 is 1.61 bits per heavy atom. The van der Waals surface area contributed by atoms with Crippen molar-refractivity contribution in [2.75, 3.05) is 13.2 Å². The molecule has 2 aromatic rings. The zero-order valence-corrected chi connectivity index (χ0v) is 24.6. The quantitative estimate of drug-likeness (QED) is 0.465. The molecule has 1 N–H and O–H groups in total. The van der Waals surface area contributed by atoms with Crippen LogP contribution in [0.15, 0.2) is 60.7 Å². The van der Waals surface area contributed by atoms with Gasteiger partial charge in [0.1, 0.15) is 12.2 Å². The number of hydrogen-bond acceptors (Lipinski definition) is 7. The first-order chi connectivity index (χ1) is 19.4. The number of nitrogens with zero attached hydrogens (tertiary/aromatic N) is 2. The predicted molar refractivity (Wildman–Crippen MR) is 153 cm³/mol. The lowest BCUT2D eigenvalue weighted by atomic mass is 9.87. The minimum absolute atomic E-state index is 0.0274. The Hall–Kier alpha value is -3.43. The third-order valence-corrected chi connectivity index (χ3v) is 7.60. The van der Waals surface area contributed by atoms with Gasteiger partial charge in [0.2, 0.25) is 5.91 Å². The molecular formula is C32H42N2O7. The third-order valence-electron chi connectivity index (χ3n) is 7.60. The molecule has 5 atom stereocenters. The zero-order valence-electron chi connectivity index (χ0n) is 24.6. The summed E-state index contributed by atoms with van der Waals surface area (Å²) in [6, 6.07) is 17.9. The summed E-state index contributed by atoms with van der Waals surface area (Å²) in [6.45, 7) is 9.85. The van der Waals surface area contributed by atoms with Crippen molar-refractivity contribution in [2.24, 2.45) is 11.8 Å². The van der Waals surface area contributed by atoms with Crippen LogP contribution < -0.4 is 0 Å². The first kappa shape index (κ1) is 30.5. The molecular weight excluding hydrogens is 524 g/mol. The number of likely N-dealkylation sites (tertiary alicyclic amines) is 1. The molecule has 2 aliphatic rings. The summed E-state index contributed by atoms with van der Waals surface area (Å²) in [4.78, 5) is 42.8. The minimum atomic E-state index is -1.29. The Morgan fingerprint density at radius 3 is 2.20 bits per heavy atom. The number of rotatable bonds is 9. The van der Waals surface area contributed by atoms with Gasteiger partial charge >= 0.3 is 12.2 Å². The Morgan fingerprint density at radius 1 is 1.00 bits per heavy atom. The van der Waals surface area contributed by atoms with E-state index in [2.05, 4.69) is 0 Å². The number of ether oxygens (including phenoxy) is 3. The molecule has 2 aromatic carbocycles. The average Bonchev–Trinajstić information content (AvgIpc) is 3.54. The van der Waals surface area contributed by atoms with Gasteiger partial charge in [-0.3, -0.25) is 9.69 Å². The van der Waals surface area contributed by atoms with E-state index < -0.39 is 47.8 Å². The Balaban J connectivity index is 1.62. The summed E-state index contributed by atoms with van der Waals surface area (Å²) in [5, 5.41) is 11.9. The highest BCUT2D eigenvalue weighted by Crippen LogP contribution is 2.32. The molecule has 3 amide bonds. The molecule has 0 radical (unpaired) electrons. The van der Waals surface area contributed by atoms with E-state index in [0.29, 0.717) is 13.0 Å². The molecule has 222 valence electrons. The second kappa shape index (κ2) is 13.0. The van der Waals surface area contributed by atoms with E-state index in [1.807, 2.05) is 74.5 Å². The molecule has 0 bridgehead atoms. The number of amides is 3. The monoisotopic (exact) mass is 566 g/mol. The van der Waals surface area contributed by atoms with Crippen LogP contribution >= 0.6 is 0 Å². The maximum absolute atomic E-state index is 14.1. The van der Waals surface area contributed by atoms with Gasteiger partial charge in [-0.1, -0.05) is 74.5 Å². The second-order valence-electron chi connectivity index (χ2n) is 12.2. The van der Waals surface area contributed by atoms with Crippen molar-refractivity contribution in [2.45, 2.75) is 84.0 Å². The molecule has 2 aliphatic heterocycles. The van der Waals surface area contributed by atoms with Gasteiger partial charge in [0, 0.05) is 0 Å². The SMILES string of the molecule is CC(C)[C@H]1COC(=O)N1C(=O)[C@@H](Cc1ccccc1)[C@H](O)C1C[C@@H](OCc2ccccc2)CN1C(=O)OC(C)(C)C. The number of imide groups is 1. The van der Waals surface area contributed by atoms with E-state index >= 15 is 0 Å². The summed E-state index contributed by atoms with van der Waals surface area (Å²) in [5.41, 5.74) is 1.07. The normalized spacial score (nSPS) is 22.5. The first-order valence-corrected chi connectivity index (χ1v) is 14.3. The Bertz CT molecular complexity index is 1180. The standard InChI is InChI=1S/C32H42N2O7/c1-21(2)27-20-40-31(38)34(27)29(36)25(16-22-12-8-6-9-13-22)28(35)26-17-24(39-19-23-14-10-7-11-15-23)18-33(26)30(37)41-32(3,4)5/h6-15,21,24-28,35H,16-20H2,1-5H3/t24-,25+,26?,27-,28+/m1/s1. The molecule has 0 saturated carbocycles. The fraction of sp³-hybridized carbons (Fsp3) is 0.531. The third kappa shape index (κ3) is 7.65. The summed E-state index contributed by atoms with van der Waals surface area (Å²) < 4.78 is 17.1. The molecule has 0 aromatic heterocycles. The summed E-state index contributed by atoms with van der Waals surface area (Å²) in [7, 11) is 0. The second-order valence-corrected chi connectivity index (χ2v) is 12.2. The van der Waals surface area contributed by atoms with E-state index in [1.165, 1.54) is 4.90 Å². The first-order valence-electron chi connectivity index (χ1n) is 14.3. The van der Waals surface area contributed by atoms with Crippen molar-refractivity contribution in [3.63, 3.8) is 0 Å². The number of carbonyl (C=O) groups excluding carboxylic acids is 3. The van der Waals surface area contributed by atoms with E-state index in [0.717, 1.165) is 16.0 Å². The van der Waals surface area contributed by atoms with Crippen LogP contribution in [-0.2, 0) is 32.0 Å². The number of benzene rings is 2. The lowest BCUT2D eigenvalue weighted by Gasteiger charge is -2.35. The molecule has 2 fully saturated rings. The lowest BCUT2D eigenvalue weighted by Crippen LogP contribution is -2.53. The highest BCUT2D eigenvalue weighted by molar-refractivity contribution is 5.95. The van der Waals surface area contributed by atoms with Crippen molar-refractivity contribution in [1.82, 2.24) is 9.80 Å². The molecule has 0 spiro atoms. The van der Waals surface area contributed by atoms with Crippen LogP contribution in [0.2, 0.25) is 0 Å². The van der Waals surface area contributed by atoms with Crippen molar-refractivity contribution >= 4 is 18.1 Å². The van der Waals surface area contributed by atoms with Crippen LogP contribution in [0.3, 0.4) is 0 Å². The van der Waals surface area contributed by atoms with E-state index in [1.54, 1.807) is 20.8 Å².